The summed E-state index contributed by atoms with van der Waals surface area (Å²) in [5.41, 5.74) is 0. The largest absolute Gasteiger partial charge is 0.703 e. The van der Waals surface area contributed by atoms with Crippen molar-refractivity contribution in [1.82, 2.24) is 0 Å². The molecule has 0 amide bonds. The summed E-state index contributed by atoms with van der Waals surface area (Å²) in [6, 6.07) is 6.29. The van der Waals surface area contributed by atoms with Gasteiger partial charge < -0.3 is 9.91 Å². The standard InChI is InChI=1S/C6H6BClO5/c8-5-2-1-3-6(4-5)11-13-7(9)12-10/h1-4,9-10H. The molecule has 2 N–H and O–H groups in total. The zero-order chi connectivity index (χ0) is 9.68. The SMILES string of the molecule is OOB(O)OOc1cccc(Cl)c1. The fourth-order valence-electron chi connectivity index (χ4n) is 0.633. The Morgan fingerprint density at radius 3 is 2.77 bits per heavy atom. The normalized spacial score (nSPS) is 9.77. The molecule has 0 saturated carbocycles. The molecule has 0 saturated heterocycles. The molecule has 0 aliphatic carbocycles. The summed E-state index contributed by atoms with van der Waals surface area (Å²) in [6.45, 7) is 0. The van der Waals surface area contributed by atoms with Crippen molar-refractivity contribution in [1.29, 1.82) is 0 Å². The van der Waals surface area contributed by atoms with Crippen LogP contribution in [0, 0.1) is 0 Å². The minimum absolute atomic E-state index is 0.281. The van der Waals surface area contributed by atoms with E-state index in [-0.39, 0.29) is 5.75 Å². The monoisotopic (exact) mass is 204 g/mol. The van der Waals surface area contributed by atoms with Crippen molar-refractivity contribution < 1.29 is 24.8 Å². The maximum absolute atomic E-state index is 8.54. The second-order valence-electron chi connectivity index (χ2n) is 2.05. The first-order valence-corrected chi connectivity index (χ1v) is 3.67. The average Bonchev–Trinajstić information content (AvgIpc) is 2.14. The van der Waals surface area contributed by atoms with Crippen molar-refractivity contribution >= 4 is 18.9 Å². The van der Waals surface area contributed by atoms with Gasteiger partial charge in [0.15, 0.2) is 5.75 Å². The van der Waals surface area contributed by atoms with Crippen LogP contribution in [0.25, 0.3) is 0 Å². The van der Waals surface area contributed by atoms with Gasteiger partial charge in [-0.1, -0.05) is 17.7 Å². The lowest BCUT2D eigenvalue weighted by atomic mass is 10.3. The van der Waals surface area contributed by atoms with Crippen LogP contribution in [-0.4, -0.2) is 17.6 Å². The zero-order valence-corrected chi connectivity index (χ0v) is 7.14. The predicted molar refractivity (Wildman–Crippen MR) is 44.9 cm³/mol. The third-order valence-corrected chi connectivity index (χ3v) is 1.35. The molecule has 0 unspecified atom stereocenters. The molecule has 0 aliphatic heterocycles. The minimum atomic E-state index is -1.85. The van der Waals surface area contributed by atoms with Gasteiger partial charge >= 0.3 is 7.32 Å². The summed E-state index contributed by atoms with van der Waals surface area (Å²) >= 11 is 5.62. The summed E-state index contributed by atoms with van der Waals surface area (Å²) in [5, 5.41) is 16.9. The van der Waals surface area contributed by atoms with E-state index in [4.69, 9.17) is 21.9 Å². The Balaban J connectivity index is 2.45. The van der Waals surface area contributed by atoms with Gasteiger partial charge in [-0.05, 0) is 12.1 Å². The fraction of sp³-hybridized carbons (Fsp3) is 0. The van der Waals surface area contributed by atoms with Crippen molar-refractivity contribution in [2.45, 2.75) is 0 Å². The Labute approximate surface area is 79.4 Å². The quantitative estimate of drug-likeness (QED) is 0.437. The van der Waals surface area contributed by atoms with E-state index in [1.165, 1.54) is 6.07 Å². The smallest absolute Gasteiger partial charge is 0.398 e. The van der Waals surface area contributed by atoms with Crippen LogP contribution < -0.4 is 4.89 Å². The summed E-state index contributed by atoms with van der Waals surface area (Å²) < 4.78 is 0. The lowest BCUT2D eigenvalue weighted by Crippen LogP contribution is -2.22. The molecule has 0 aromatic heterocycles. The Morgan fingerprint density at radius 1 is 1.38 bits per heavy atom. The minimum Gasteiger partial charge on any atom is -0.398 e. The van der Waals surface area contributed by atoms with Crippen molar-refractivity contribution in [3.05, 3.63) is 29.3 Å². The Bertz CT molecular complexity index is 271. The van der Waals surface area contributed by atoms with Gasteiger partial charge in [0, 0.05) is 11.1 Å². The van der Waals surface area contributed by atoms with E-state index >= 15 is 0 Å². The van der Waals surface area contributed by atoms with Gasteiger partial charge in [-0.15, -0.1) is 0 Å². The highest BCUT2D eigenvalue weighted by Gasteiger charge is 2.17. The van der Waals surface area contributed by atoms with Crippen LogP contribution in [0.3, 0.4) is 0 Å². The first-order chi connectivity index (χ1) is 6.22. The second-order valence-corrected chi connectivity index (χ2v) is 2.49. The van der Waals surface area contributed by atoms with E-state index in [1.54, 1.807) is 18.2 Å². The summed E-state index contributed by atoms with van der Waals surface area (Å²) in [6.07, 6.45) is 0. The van der Waals surface area contributed by atoms with Gasteiger partial charge in [0.1, 0.15) is 0 Å². The summed E-state index contributed by atoms with van der Waals surface area (Å²) in [7, 11) is -1.85. The second kappa shape index (κ2) is 5.06. The molecule has 0 radical (unpaired) electrons. The first kappa shape index (κ1) is 10.3. The van der Waals surface area contributed by atoms with Crippen molar-refractivity contribution in [3.63, 3.8) is 0 Å². The van der Waals surface area contributed by atoms with Gasteiger partial charge in [0.2, 0.25) is 0 Å². The Hall–Kier alpha value is -0.785. The highest BCUT2D eigenvalue weighted by atomic mass is 35.5. The Morgan fingerprint density at radius 2 is 2.15 bits per heavy atom. The number of hydrogen-bond acceptors (Lipinski definition) is 5. The first-order valence-electron chi connectivity index (χ1n) is 3.29. The molecule has 1 rings (SSSR count). The predicted octanol–water partition coefficient (Wildman–Crippen LogP) is 1.12. The van der Waals surface area contributed by atoms with Crippen LogP contribution in [0.2, 0.25) is 5.02 Å². The van der Waals surface area contributed by atoms with Gasteiger partial charge in [-0.25, -0.2) is 4.81 Å². The third kappa shape index (κ3) is 3.62. The van der Waals surface area contributed by atoms with Crippen LogP contribution in [0.1, 0.15) is 0 Å². The van der Waals surface area contributed by atoms with Crippen LogP contribution >= 0.6 is 11.6 Å². The van der Waals surface area contributed by atoms with Crippen LogP contribution in [0.5, 0.6) is 5.75 Å². The van der Waals surface area contributed by atoms with E-state index in [2.05, 4.69) is 14.5 Å². The molecule has 70 valence electrons. The molecule has 7 heteroatoms. The molecular weight excluding hydrogens is 198 g/mol. The maximum Gasteiger partial charge on any atom is 0.703 e. The van der Waals surface area contributed by atoms with E-state index in [1.807, 2.05) is 0 Å². The van der Waals surface area contributed by atoms with Gasteiger partial charge in [0.05, 0.1) is 0 Å². The number of benzene rings is 1. The summed E-state index contributed by atoms with van der Waals surface area (Å²) in [4.78, 5) is 12.1. The molecule has 1 aromatic carbocycles. The van der Waals surface area contributed by atoms with Gasteiger partial charge in [0.25, 0.3) is 0 Å². The molecule has 1 aromatic rings. The van der Waals surface area contributed by atoms with E-state index < -0.39 is 7.32 Å². The average molecular weight is 204 g/mol. The molecule has 0 fully saturated rings. The molecular formula is C6H6BClO5. The zero-order valence-electron chi connectivity index (χ0n) is 6.38. The van der Waals surface area contributed by atoms with Crippen LogP contribution in [0.4, 0.5) is 0 Å². The maximum atomic E-state index is 8.54. The van der Waals surface area contributed by atoms with Gasteiger partial charge in [-0.2, -0.15) is 4.81 Å². The third-order valence-electron chi connectivity index (χ3n) is 1.11. The molecule has 0 aliphatic rings. The molecule has 0 bridgehead atoms. The highest BCUT2D eigenvalue weighted by molar-refractivity contribution is 6.33. The Kier molecular flexibility index (Phi) is 4.00. The van der Waals surface area contributed by atoms with E-state index in [9.17, 15) is 0 Å². The van der Waals surface area contributed by atoms with Crippen LogP contribution in [0.15, 0.2) is 24.3 Å². The lowest BCUT2D eigenvalue weighted by Gasteiger charge is -2.04. The van der Waals surface area contributed by atoms with Crippen molar-refractivity contribution in [3.8, 4) is 5.75 Å². The van der Waals surface area contributed by atoms with E-state index in [0.29, 0.717) is 5.02 Å². The molecule has 13 heavy (non-hydrogen) atoms. The summed E-state index contributed by atoms with van der Waals surface area (Å²) in [5.74, 6) is 0.281. The number of hydrogen-bond donors (Lipinski definition) is 2. The number of rotatable bonds is 4. The fourth-order valence-corrected chi connectivity index (χ4v) is 0.813. The highest BCUT2D eigenvalue weighted by Crippen LogP contribution is 2.17. The van der Waals surface area contributed by atoms with E-state index in [0.717, 1.165) is 0 Å². The molecule has 0 spiro atoms. The van der Waals surface area contributed by atoms with Gasteiger partial charge in [-0.3, -0.25) is 5.26 Å². The lowest BCUT2D eigenvalue weighted by molar-refractivity contribution is -0.229. The topological polar surface area (TPSA) is 68.2 Å². The molecule has 0 atom stereocenters. The van der Waals surface area contributed by atoms with Crippen molar-refractivity contribution in [2.24, 2.45) is 0 Å². The molecule has 0 heterocycles. The van der Waals surface area contributed by atoms with Crippen molar-refractivity contribution in [2.75, 3.05) is 0 Å². The van der Waals surface area contributed by atoms with Crippen LogP contribution in [-0.2, 0) is 9.61 Å². The number of halogens is 1. The molecule has 5 nitrogen and oxygen atoms in total.